The predicted octanol–water partition coefficient (Wildman–Crippen LogP) is 3.59. The topological polar surface area (TPSA) is 20.2 Å². The highest BCUT2D eigenvalue weighted by Gasteiger charge is 2.13. The van der Waals surface area contributed by atoms with Gasteiger partial charge >= 0.3 is 0 Å². The van der Waals surface area contributed by atoms with Crippen LogP contribution in [-0.4, -0.2) is 5.11 Å². The molecular formula is C14H20O. The van der Waals surface area contributed by atoms with E-state index in [1.165, 1.54) is 5.56 Å². The second-order valence-electron chi connectivity index (χ2n) is 4.91. The first-order chi connectivity index (χ1) is 6.95. The lowest BCUT2D eigenvalue weighted by atomic mass is 9.86. The Balaban J connectivity index is 2.85. The van der Waals surface area contributed by atoms with Crippen molar-refractivity contribution in [2.75, 3.05) is 0 Å². The van der Waals surface area contributed by atoms with Gasteiger partial charge in [-0.3, -0.25) is 0 Å². The van der Waals surface area contributed by atoms with Crippen molar-refractivity contribution in [2.24, 2.45) is 0 Å². The summed E-state index contributed by atoms with van der Waals surface area (Å²) in [5.41, 5.74) is 2.42. The maximum Gasteiger partial charge on any atom is 0.0824 e. The van der Waals surface area contributed by atoms with Gasteiger partial charge in [-0.25, -0.2) is 0 Å². The van der Waals surface area contributed by atoms with Crippen LogP contribution in [0.25, 0.3) is 0 Å². The number of rotatable bonds is 3. The fraction of sp³-hybridized carbons (Fsp3) is 0.429. The Hall–Kier alpha value is -1.08. The maximum atomic E-state index is 9.74. The van der Waals surface area contributed by atoms with Crippen molar-refractivity contribution < 1.29 is 5.11 Å². The minimum atomic E-state index is -0.420. The van der Waals surface area contributed by atoms with Crippen molar-refractivity contribution in [1.29, 1.82) is 0 Å². The third kappa shape index (κ3) is 3.21. The molecule has 0 aliphatic rings. The van der Waals surface area contributed by atoms with Crippen molar-refractivity contribution in [3.8, 4) is 0 Å². The average Bonchev–Trinajstić information content (AvgIpc) is 2.17. The Morgan fingerprint density at radius 1 is 1.27 bits per heavy atom. The molecule has 0 saturated heterocycles. The third-order valence-corrected chi connectivity index (χ3v) is 2.55. The molecule has 0 bridgehead atoms. The van der Waals surface area contributed by atoms with Crippen LogP contribution in [0.1, 0.15) is 44.4 Å². The molecular weight excluding hydrogens is 184 g/mol. The molecule has 1 N–H and O–H groups in total. The van der Waals surface area contributed by atoms with Gasteiger partial charge in [0.15, 0.2) is 0 Å². The van der Waals surface area contributed by atoms with Gasteiger partial charge in [-0.05, 0) is 23.0 Å². The van der Waals surface area contributed by atoms with Crippen molar-refractivity contribution in [3.63, 3.8) is 0 Å². The standard InChI is InChI=1S/C14H20O/c1-5-6-13(15)11-7-9-12(10-8-11)14(2,3)4/h5,7-10,13,15H,1,6H2,2-4H3. The van der Waals surface area contributed by atoms with E-state index < -0.39 is 6.10 Å². The minimum Gasteiger partial charge on any atom is -0.388 e. The largest absolute Gasteiger partial charge is 0.388 e. The van der Waals surface area contributed by atoms with Crippen LogP contribution in [-0.2, 0) is 5.41 Å². The summed E-state index contributed by atoms with van der Waals surface area (Å²) in [4.78, 5) is 0. The summed E-state index contributed by atoms with van der Waals surface area (Å²) in [6.45, 7) is 10.2. The van der Waals surface area contributed by atoms with Gasteiger partial charge in [0.1, 0.15) is 0 Å². The second-order valence-corrected chi connectivity index (χ2v) is 4.91. The van der Waals surface area contributed by atoms with Gasteiger partial charge in [0.05, 0.1) is 6.10 Å². The van der Waals surface area contributed by atoms with Crippen molar-refractivity contribution in [3.05, 3.63) is 48.0 Å². The molecule has 1 rings (SSSR count). The molecule has 1 aromatic carbocycles. The highest BCUT2D eigenvalue weighted by Crippen LogP contribution is 2.24. The van der Waals surface area contributed by atoms with Gasteiger partial charge in [0, 0.05) is 0 Å². The third-order valence-electron chi connectivity index (χ3n) is 2.55. The summed E-state index contributed by atoms with van der Waals surface area (Å²) in [5, 5.41) is 9.74. The Labute approximate surface area is 92.5 Å². The molecule has 0 amide bonds. The molecule has 82 valence electrons. The molecule has 0 aromatic heterocycles. The highest BCUT2D eigenvalue weighted by molar-refractivity contribution is 5.28. The number of aliphatic hydroxyl groups is 1. The van der Waals surface area contributed by atoms with E-state index in [-0.39, 0.29) is 5.41 Å². The monoisotopic (exact) mass is 204 g/mol. The van der Waals surface area contributed by atoms with E-state index >= 15 is 0 Å². The van der Waals surface area contributed by atoms with E-state index in [2.05, 4.69) is 39.5 Å². The van der Waals surface area contributed by atoms with Crippen molar-refractivity contribution in [2.45, 2.75) is 38.7 Å². The quantitative estimate of drug-likeness (QED) is 0.746. The first-order valence-corrected chi connectivity index (χ1v) is 5.34. The average molecular weight is 204 g/mol. The summed E-state index contributed by atoms with van der Waals surface area (Å²) < 4.78 is 0. The van der Waals surface area contributed by atoms with Gasteiger partial charge < -0.3 is 5.11 Å². The SMILES string of the molecule is C=CCC(O)c1ccc(C(C)(C)C)cc1. The van der Waals surface area contributed by atoms with Gasteiger partial charge in [-0.15, -0.1) is 6.58 Å². The van der Waals surface area contributed by atoms with Gasteiger partial charge in [0.25, 0.3) is 0 Å². The molecule has 0 heterocycles. The van der Waals surface area contributed by atoms with Crippen molar-refractivity contribution in [1.82, 2.24) is 0 Å². The smallest absolute Gasteiger partial charge is 0.0824 e. The molecule has 1 aromatic rings. The molecule has 15 heavy (non-hydrogen) atoms. The number of aliphatic hydroxyl groups excluding tert-OH is 1. The molecule has 1 atom stereocenters. The summed E-state index contributed by atoms with van der Waals surface area (Å²) in [6.07, 6.45) is 1.92. The molecule has 1 unspecified atom stereocenters. The zero-order chi connectivity index (χ0) is 11.5. The van der Waals surface area contributed by atoms with Crippen LogP contribution in [0.5, 0.6) is 0 Å². The van der Waals surface area contributed by atoms with Crippen LogP contribution in [0, 0.1) is 0 Å². The molecule has 0 spiro atoms. The van der Waals surface area contributed by atoms with E-state index in [0.717, 1.165) is 5.56 Å². The molecule has 0 aliphatic carbocycles. The van der Waals surface area contributed by atoms with E-state index in [9.17, 15) is 5.11 Å². The zero-order valence-corrected chi connectivity index (χ0v) is 9.83. The second kappa shape index (κ2) is 4.63. The molecule has 0 aliphatic heterocycles. The highest BCUT2D eigenvalue weighted by atomic mass is 16.3. The van der Waals surface area contributed by atoms with Crippen LogP contribution in [0.4, 0.5) is 0 Å². The fourth-order valence-electron chi connectivity index (χ4n) is 1.50. The first kappa shape index (κ1) is 12.0. The number of hydrogen-bond acceptors (Lipinski definition) is 1. The van der Waals surface area contributed by atoms with E-state index in [1.54, 1.807) is 6.08 Å². The molecule has 0 saturated carbocycles. The molecule has 1 heteroatoms. The predicted molar refractivity (Wildman–Crippen MR) is 64.9 cm³/mol. The van der Waals surface area contributed by atoms with E-state index in [4.69, 9.17) is 0 Å². The first-order valence-electron chi connectivity index (χ1n) is 5.34. The van der Waals surface area contributed by atoms with Crippen LogP contribution in [0.15, 0.2) is 36.9 Å². The zero-order valence-electron chi connectivity index (χ0n) is 9.83. The Kier molecular flexibility index (Phi) is 3.70. The molecule has 0 radical (unpaired) electrons. The maximum absolute atomic E-state index is 9.74. The van der Waals surface area contributed by atoms with Crippen LogP contribution < -0.4 is 0 Å². The Morgan fingerprint density at radius 3 is 2.20 bits per heavy atom. The van der Waals surface area contributed by atoms with E-state index in [1.807, 2.05) is 12.1 Å². The van der Waals surface area contributed by atoms with Gasteiger partial charge in [-0.1, -0.05) is 51.1 Å². The summed E-state index contributed by atoms with van der Waals surface area (Å²) in [7, 11) is 0. The minimum absolute atomic E-state index is 0.169. The number of hydrogen-bond donors (Lipinski definition) is 1. The van der Waals surface area contributed by atoms with E-state index in [0.29, 0.717) is 6.42 Å². The summed E-state index contributed by atoms with van der Waals surface area (Å²) in [5.74, 6) is 0. The normalized spacial score (nSPS) is 13.6. The Bertz CT molecular complexity index is 316. The Morgan fingerprint density at radius 2 is 1.80 bits per heavy atom. The van der Waals surface area contributed by atoms with Gasteiger partial charge in [0.2, 0.25) is 0 Å². The molecule has 0 fully saturated rings. The summed E-state index contributed by atoms with van der Waals surface area (Å²) >= 11 is 0. The van der Waals surface area contributed by atoms with Crippen LogP contribution in [0.2, 0.25) is 0 Å². The lowest BCUT2D eigenvalue weighted by molar-refractivity contribution is 0.181. The lowest BCUT2D eigenvalue weighted by Crippen LogP contribution is -2.11. The molecule has 1 nitrogen and oxygen atoms in total. The van der Waals surface area contributed by atoms with Crippen LogP contribution >= 0.6 is 0 Å². The van der Waals surface area contributed by atoms with Crippen LogP contribution in [0.3, 0.4) is 0 Å². The van der Waals surface area contributed by atoms with Gasteiger partial charge in [-0.2, -0.15) is 0 Å². The summed E-state index contributed by atoms with van der Waals surface area (Å²) in [6, 6.07) is 8.16. The van der Waals surface area contributed by atoms with Crippen molar-refractivity contribution >= 4 is 0 Å². The lowest BCUT2D eigenvalue weighted by Gasteiger charge is -2.19. The number of benzene rings is 1. The fourth-order valence-corrected chi connectivity index (χ4v) is 1.50.